The Bertz CT molecular complexity index is 664. The Kier molecular flexibility index (Phi) is 4.60. The zero-order valence-corrected chi connectivity index (χ0v) is 13.4. The van der Waals surface area contributed by atoms with E-state index in [-0.39, 0.29) is 11.6 Å². The molecule has 0 amide bonds. The Morgan fingerprint density at radius 1 is 1.35 bits per heavy atom. The van der Waals surface area contributed by atoms with E-state index in [9.17, 15) is 4.79 Å². The van der Waals surface area contributed by atoms with E-state index in [1.54, 1.807) is 6.20 Å². The lowest BCUT2D eigenvalue weighted by Crippen LogP contribution is -2.26. The van der Waals surface area contributed by atoms with Gasteiger partial charge in [-0.15, -0.1) is 0 Å². The molecule has 0 radical (unpaired) electrons. The molecule has 0 aliphatic heterocycles. The van der Waals surface area contributed by atoms with Crippen LogP contribution in [-0.2, 0) is 6.54 Å². The zero-order valence-electron chi connectivity index (χ0n) is 11.9. The predicted octanol–water partition coefficient (Wildman–Crippen LogP) is 3.51. The average molecular weight is 336 g/mol. The van der Waals surface area contributed by atoms with E-state index in [0.29, 0.717) is 11.0 Å². The van der Waals surface area contributed by atoms with E-state index >= 15 is 0 Å². The second-order valence-corrected chi connectivity index (χ2v) is 5.79. The number of anilines is 1. The molecular weight excluding hydrogens is 318 g/mol. The summed E-state index contributed by atoms with van der Waals surface area (Å²) < 4.78 is 1.98. The van der Waals surface area contributed by atoms with Gasteiger partial charge in [0.25, 0.3) is 5.56 Å². The Balaban J connectivity index is 2.21. The molecule has 1 aromatic heterocycles. The van der Waals surface area contributed by atoms with Crippen molar-refractivity contribution in [2.24, 2.45) is 0 Å². The van der Waals surface area contributed by atoms with Crippen molar-refractivity contribution >= 4 is 21.6 Å². The summed E-state index contributed by atoms with van der Waals surface area (Å²) in [6.45, 7) is 6.60. The minimum Gasteiger partial charge on any atom is -0.379 e. The van der Waals surface area contributed by atoms with Gasteiger partial charge in [-0.25, -0.2) is 4.68 Å². The molecule has 1 N–H and O–H groups in total. The standard InChI is InChI=1S/C15H18BrN3O/c1-10(2)19-15(20)14(16)13(9-18-19)17-8-12-7-5-4-6-11(12)3/h4-7,9-10,17H,8H2,1-3H3. The molecule has 1 heterocycles. The second kappa shape index (κ2) is 6.22. The van der Waals surface area contributed by atoms with Crippen molar-refractivity contribution in [3.63, 3.8) is 0 Å². The number of nitrogens with one attached hydrogen (secondary N) is 1. The van der Waals surface area contributed by atoms with E-state index in [1.165, 1.54) is 15.8 Å². The van der Waals surface area contributed by atoms with Gasteiger partial charge < -0.3 is 5.32 Å². The lowest BCUT2D eigenvalue weighted by Gasteiger charge is -2.13. The van der Waals surface area contributed by atoms with Gasteiger partial charge in [0.2, 0.25) is 0 Å². The van der Waals surface area contributed by atoms with Gasteiger partial charge in [-0.05, 0) is 47.8 Å². The maximum atomic E-state index is 12.1. The minimum absolute atomic E-state index is 0.0456. The predicted molar refractivity (Wildman–Crippen MR) is 85.1 cm³/mol. The number of halogens is 1. The fourth-order valence-corrected chi connectivity index (χ4v) is 2.36. The molecular formula is C15H18BrN3O. The molecule has 0 spiro atoms. The van der Waals surface area contributed by atoms with Gasteiger partial charge in [0.1, 0.15) is 4.47 Å². The molecule has 2 aromatic rings. The highest BCUT2D eigenvalue weighted by atomic mass is 79.9. The quantitative estimate of drug-likeness (QED) is 0.929. The number of benzene rings is 1. The number of aromatic nitrogens is 2. The molecule has 1 aromatic carbocycles. The number of hydrogen-bond acceptors (Lipinski definition) is 3. The molecule has 0 saturated heterocycles. The first-order valence-electron chi connectivity index (χ1n) is 6.56. The first kappa shape index (κ1) is 14.8. The zero-order chi connectivity index (χ0) is 14.7. The van der Waals surface area contributed by atoms with Gasteiger partial charge in [-0.2, -0.15) is 5.10 Å². The summed E-state index contributed by atoms with van der Waals surface area (Å²) in [6.07, 6.45) is 1.68. The topological polar surface area (TPSA) is 46.9 Å². The molecule has 2 rings (SSSR count). The summed E-state index contributed by atoms with van der Waals surface area (Å²) in [5.74, 6) is 0. The Hall–Kier alpha value is -1.62. The molecule has 5 heteroatoms. The largest absolute Gasteiger partial charge is 0.379 e. The summed E-state index contributed by atoms with van der Waals surface area (Å²) in [7, 11) is 0. The molecule has 4 nitrogen and oxygen atoms in total. The maximum Gasteiger partial charge on any atom is 0.283 e. The van der Waals surface area contributed by atoms with E-state index in [1.807, 2.05) is 26.0 Å². The van der Waals surface area contributed by atoms with Crippen LogP contribution < -0.4 is 10.9 Å². The van der Waals surface area contributed by atoms with Crippen LogP contribution in [0.4, 0.5) is 5.69 Å². The molecule has 0 bridgehead atoms. The Morgan fingerprint density at radius 2 is 2.05 bits per heavy atom. The van der Waals surface area contributed by atoms with Gasteiger partial charge in [-0.1, -0.05) is 24.3 Å². The van der Waals surface area contributed by atoms with Crippen LogP contribution >= 0.6 is 15.9 Å². The van der Waals surface area contributed by atoms with Crippen LogP contribution in [0.2, 0.25) is 0 Å². The monoisotopic (exact) mass is 335 g/mol. The number of aryl methyl sites for hydroxylation is 1. The third-order valence-corrected chi connectivity index (χ3v) is 3.93. The van der Waals surface area contributed by atoms with Gasteiger partial charge in [0.05, 0.1) is 17.9 Å². The van der Waals surface area contributed by atoms with Crippen molar-refractivity contribution in [3.8, 4) is 0 Å². The Morgan fingerprint density at radius 3 is 2.70 bits per heavy atom. The summed E-state index contributed by atoms with van der Waals surface area (Å²) in [5.41, 5.74) is 3.02. The van der Waals surface area contributed by atoms with Crippen LogP contribution in [0.3, 0.4) is 0 Å². The lowest BCUT2D eigenvalue weighted by molar-refractivity contribution is 0.501. The SMILES string of the molecule is Cc1ccccc1CNc1cnn(C(C)C)c(=O)c1Br. The summed E-state index contributed by atoms with van der Waals surface area (Å²) in [4.78, 5) is 12.1. The molecule has 0 saturated carbocycles. The summed E-state index contributed by atoms with van der Waals surface area (Å²) in [5, 5.41) is 7.44. The fourth-order valence-electron chi connectivity index (χ4n) is 1.93. The molecule has 0 unspecified atom stereocenters. The molecule has 106 valence electrons. The normalized spacial score (nSPS) is 10.8. The highest BCUT2D eigenvalue weighted by Gasteiger charge is 2.10. The minimum atomic E-state index is -0.116. The molecule has 0 fully saturated rings. The number of hydrogen-bond donors (Lipinski definition) is 1. The molecule has 0 aliphatic rings. The van der Waals surface area contributed by atoms with Crippen LogP contribution in [0.5, 0.6) is 0 Å². The molecule has 0 atom stereocenters. The second-order valence-electron chi connectivity index (χ2n) is 5.00. The number of rotatable bonds is 4. The van der Waals surface area contributed by atoms with Crippen LogP contribution in [0.25, 0.3) is 0 Å². The van der Waals surface area contributed by atoms with E-state index in [4.69, 9.17) is 0 Å². The van der Waals surface area contributed by atoms with Crippen LogP contribution in [-0.4, -0.2) is 9.78 Å². The third-order valence-electron chi connectivity index (χ3n) is 3.16. The van der Waals surface area contributed by atoms with Crippen LogP contribution in [0.1, 0.15) is 31.0 Å². The number of nitrogens with zero attached hydrogens (tertiary/aromatic N) is 2. The van der Waals surface area contributed by atoms with Crippen LogP contribution in [0.15, 0.2) is 39.7 Å². The smallest absolute Gasteiger partial charge is 0.283 e. The summed E-state index contributed by atoms with van der Waals surface area (Å²) >= 11 is 3.36. The Labute approximate surface area is 127 Å². The average Bonchev–Trinajstić information content (AvgIpc) is 2.41. The van der Waals surface area contributed by atoms with E-state index < -0.39 is 0 Å². The summed E-state index contributed by atoms with van der Waals surface area (Å²) in [6, 6.07) is 8.21. The fraction of sp³-hybridized carbons (Fsp3) is 0.333. The van der Waals surface area contributed by atoms with E-state index in [0.717, 1.165) is 5.69 Å². The van der Waals surface area contributed by atoms with Gasteiger partial charge in [-0.3, -0.25) is 4.79 Å². The van der Waals surface area contributed by atoms with Crippen LogP contribution in [0, 0.1) is 6.92 Å². The highest BCUT2D eigenvalue weighted by Crippen LogP contribution is 2.18. The van der Waals surface area contributed by atoms with Crippen molar-refractivity contribution < 1.29 is 0 Å². The van der Waals surface area contributed by atoms with Gasteiger partial charge in [0, 0.05) is 6.54 Å². The lowest BCUT2D eigenvalue weighted by atomic mass is 10.1. The molecule has 20 heavy (non-hydrogen) atoms. The van der Waals surface area contributed by atoms with Crippen molar-refractivity contribution in [1.82, 2.24) is 9.78 Å². The maximum absolute atomic E-state index is 12.1. The van der Waals surface area contributed by atoms with Crippen molar-refractivity contribution in [3.05, 3.63) is 56.4 Å². The van der Waals surface area contributed by atoms with Gasteiger partial charge >= 0.3 is 0 Å². The van der Waals surface area contributed by atoms with Crippen molar-refractivity contribution in [2.45, 2.75) is 33.4 Å². The van der Waals surface area contributed by atoms with Crippen molar-refractivity contribution in [1.29, 1.82) is 0 Å². The third kappa shape index (κ3) is 3.10. The first-order valence-corrected chi connectivity index (χ1v) is 7.35. The van der Waals surface area contributed by atoms with E-state index in [2.05, 4.69) is 45.4 Å². The molecule has 0 aliphatic carbocycles. The highest BCUT2D eigenvalue weighted by molar-refractivity contribution is 9.10. The first-order chi connectivity index (χ1) is 9.50. The van der Waals surface area contributed by atoms with Crippen molar-refractivity contribution in [2.75, 3.05) is 5.32 Å². The van der Waals surface area contributed by atoms with Gasteiger partial charge in [0.15, 0.2) is 0 Å².